The molecule has 0 amide bonds. The summed E-state index contributed by atoms with van der Waals surface area (Å²) in [4.78, 5) is 13.7. The zero-order valence-electron chi connectivity index (χ0n) is 9.53. The number of thiazole rings is 1. The lowest BCUT2D eigenvalue weighted by atomic mass is 10.3. The third kappa shape index (κ3) is 2.60. The summed E-state index contributed by atoms with van der Waals surface area (Å²) in [7, 11) is -3.74. The Balaban J connectivity index is 2.51. The molecule has 6 nitrogen and oxygen atoms in total. The molecular weight excluding hydrogens is 312 g/mol. The van der Waals surface area contributed by atoms with Gasteiger partial charge in [0.1, 0.15) is 4.21 Å². The van der Waals surface area contributed by atoms with E-state index in [0.29, 0.717) is 5.69 Å². The van der Waals surface area contributed by atoms with Gasteiger partial charge in [0.15, 0.2) is 4.47 Å². The number of hydrogen-bond donors (Lipinski definition) is 0. The molecule has 0 aliphatic rings. The maximum atomic E-state index is 12.3. The smallest absolute Gasteiger partial charge is 0.258 e. The monoisotopic (exact) mass is 318 g/mol. The van der Waals surface area contributed by atoms with Crippen LogP contribution in [0.3, 0.4) is 0 Å². The summed E-state index contributed by atoms with van der Waals surface area (Å²) in [6, 6.07) is 4.68. The average Bonchev–Trinajstić information content (AvgIpc) is 2.69. The fourth-order valence-electron chi connectivity index (χ4n) is 1.45. The van der Waals surface area contributed by atoms with Gasteiger partial charge >= 0.3 is 0 Å². The van der Waals surface area contributed by atoms with Crippen LogP contribution in [0.1, 0.15) is 5.69 Å². The number of rotatable bonds is 3. The highest BCUT2D eigenvalue weighted by Gasteiger charge is 2.24. The van der Waals surface area contributed by atoms with Crippen LogP contribution in [0.25, 0.3) is 0 Å². The van der Waals surface area contributed by atoms with Crippen molar-refractivity contribution in [3.63, 3.8) is 0 Å². The van der Waals surface area contributed by atoms with E-state index in [4.69, 9.17) is 11.6 Å². The van der Waals surface area contributed by atoms with Gasteiger partial charge in [-0.25, -0.2) is 13.4 Å². The topological polar surface area (TPSA) is 90.2 Å². The van der Waals surface area contributed by atoms with Gasteiger partial charge in [-0.1, -0.05) is 22.9 Å². The molecule has 0 aliphatic heterocycles. The van der Waals surface area contributed by atoms with E-state index < -0.39 is 14.8 Å². The van der Waals surface area contributed by atoms with Crippen molar-refractivity contribution in [1.82, 2.24) is 4.98 Å². The predicted octanol–water partition coefficient (Wildman–Crippen LogP) is 2.85. The molecule has 0 aliphatic carbocycles. The van der Waals surface area contributed by atoms with E-state index in [1.165, 1.54) is 12.1 Å². The Morgan fingerprint density at radius 2 is 1.89 bits per heavy atom. The second kappa shape index (κ2) is 4.87. The highest BCUT2D eigenvalue weighted by molar-refractivity contribution is 7.93. The van der Waals surface area contributed by atoms with E-state index in [1.807, 2.05) is 0 Å². The Labute approximate surface area is 117 Å². The Hall–Kier alpha value is -1.51. The van der Waals surface area contributed by atoms with E-state index in [0.717, 1.165) is 23.5 Å². The number of nitro benzene ring substituents is 1. The zero-order chi connectivity index (χ0) is 14.2. The fourth-order valence-corrected chi connectivity index (χ4v) is 4.59. The predicted molar refractivity (Wildman–Crippen MR) is 70.4 cm³/mol. The second-order valence-electron chi connectivity index (χ2n) is 3.59. The summed E-state index contributed by atoms with van der Waals surface area (Å²) in [6.07, 6.45) is 0. The lowest BCUT2D eigenvalue weighted by Gasteiger charge is -2.02. The molecule has 0 radical (unpaired) electrons. The number of aromatic nitrogens is 1. The van der Waals surface area contributed by atoms with Crippen LogP contribution in [-0.4, -0.2) is 18.3 Å². The second-order valence-corrected chi connectivity index (χ2v) is 7.32. The van der Waals surface area contributed by atoms with Crippen LogP contribution in [0, 0.1) is 17.0 Å². The minimum atomic E-state index is -3.74. The van der Waals surface area contributed by atoms with Crippen molar-refractivity contribution in [3.8, 4) is 0 Å². The summed E-state index contributed by atoms with van der Waals surface area (Å²) in [5.41, 5.74) is 0.145. The van der Waals surface area contributed by atoms with Crippen LogP contribution in [0.2, 0.25) is 4.47 Å². The molecule has 0 bridgehead atoms. The van der Waals surface area contributed by atoms with Gasteiger partial charge in [0.05, 0.1) is 15.5 Å². The quantitative estimate of drug-likeness (QED) is 0.641. The molecular formula is C10H7ClN2O4S2. The van der Waals surface area contributed by atoms with Gasteiger partial charge < -0.3 is 0 Å². The van der Waals surface area contributed by atoms with Crippen molar-refractivity contribution >= 4 is 38.5 Å². The Morgan fingerprint density at radius 3 is 2.32 bits per heavy atom. The number of nitrogens with zero attached hydrogens (tertiary/aromatic N) is 2. The third-order valence-corrected chi connectivity index (χ3v) is 5.97. The molecule has 0 unspecified atom stereocenters. The Bertz CT molecular complexity index is 737. The van der Waals surface area contributed by atoms with E-state index in [1.54, 1.807) is 6.92 Å². The van der Waals surface area contributed by atoms with Crippen LogP contribution < -0.4 is 0 Å². The molecule has 0 atom stereocenters. The fraction of sp³-hybridized carbons (Fsp3) is 0.100. The molecule has 0 spiro atoms. The molecule has 19 heavy (non-hydrogen) atoms. The first-order valence-electron chi connectivity index (χ1n) is 4.95. The average molecular weight is 319 g/mol. The first-order valence-corrected chi connectivity index (χ1v) is 7.62. The van der Waals surface area contributed by atoms with Crippen molar-refractivity contribution in [2.24, 2.45) is 0 Å². The first kappa shape index (κ1) is 13.9. The van der Waals surface area contributed by atoms with Crippen LogP contribution in [0.4, 0.5) is 5.69 Å². The van der Waals surface area contributed by atoms with E-state index in [-0.39, 0.29) is 19.3 Å². The molecule has 1 aromatic heterocycles. The number of nitro groups is 1. The SMILES string of the molecule is Cc1nc(Cl)sc1S(=O)(=O)c1ccc([N+](=O)[O-])cc1. The zero-order valence-corrected chi connectivity index (χ0v) is 11.9. The molecule has 100 valence electrons. The van der Waals surface area contributed by atoms with Gasteiger partial charge in [0, 0.05) is 12.1 Å². The summed E-state index contributed by atoms with van der Waals surface area (Å²) in [5, 5.41) is 10.5. The van der Waals surface area contributed by atoms with Gasteiger partial charge in [-0.15, -0.1) is 0 Å². The molecule has 2 aromatic rings. The van der Waals surface area contributed by atoms with Crippen LogP contribution in [0.15, 0.2) is 33.4 Å². The summed E-state index contributed by atoms with van der Waals surface area (Å²) < 4.78 is 24.8. The van der Waals surface area contributed by atoms with Gasteiger partial charge in [-0.05, 0) is 19.1 Å². The van der Waals surface area contributed by atoms with Gasteiger partial charge in [-0.2, -0.15) is 0 Å². The van der Waals surface area contributed by atoms with Crippen LogP contribution >= 0.6 is 22.9 Å². The van der Waals surface area contributed by atoms with Crippen molar-refractivity contribution in [2.45, 2.75) is 16.0 Å². The van der Waals surface area contributed by atoms with Crippen molar-refractivity contribution < 1.29 is 13.3 Å². The Morgan fingerprint density at radius 1 is 1.32 bits per heavy atom. The first-order chi connectivity index (χ1) is 8.82. The molecule has 0 saturated carbocycles. The Kier molecular flexibility index (Phi) is 3.57. The molecule has 2 rings (SSSR count). The van der Waals surface area contributed by atoms with E-state index in [9.17, 15) is 18.5 Å². The standard InChI is InChI=1S/C10H7ClN2O4S2/c1-6-9(18-10(11)12-6)19(16,17)8-4-2-7(3-5-8)13(14)15/h2-5H,1H3. The summed E-state index contributed by atoms with van der Waals surface area (Å²) in [6.45, 7) is 1.54. The number of hydrogen-bond acceptors (Lipinski definition) is 6. The number of non-ortho nitro benzene ring substituents is 1. The largest absolute Gasteiger partial charge is 0.269 e. The minimum Gasteiger partial charge on any atom is -0.258 e. The minimum absolute atomic E-state index is 0.0264. The van der Waals surface area contributed by atoms with Gasteiger partial charge in [-0.3, -0.25) is 10.1 Å². The normalized spacial score (nSPS) is 11.5. The maximum absolute atomic E-state index is 12.3. The lowest BCUT2D eigenvalue weighted by molar-refractivity contribution is -0.384. The van der Waals surface area contributed by atoms with E-state index >= 15 is 0 Å². The molecule has 0 fully saturated rings. The van der Waals surface area contributed by atoms with E-state index in [2.05, 4.69) is 4.98 Å². The molecule has 0 saturated heterocycles. The number of benzene rings is 1. The number of aryl methyl sites for hydroxylation is 1. The summed E-state index contributed by atoms with van der Waals surface area (Å²) >= 11 is 6.54. The van der Waals surface area contributed by atoms with Crippen molar-refractivity contribution in [3.05, 3.63) is 44.5 Å². The molecule has 1 aromatic carbocycles. The van der Waals surface area contributed by atoms with Gasteiger partial charge in [0.2, 0.25) is 9.84 Å². The van der Waals surface area contributed by atoms with Crippen LogP contribution in [-0.2, 0) is 9.84 Å². The number of sulfone groups is 1. The summed E-state index contributed by atoms with van der Waals surface area (Å²) in [5.74, 6) is 0. The third-order valence-electron chi connectivity index (χ3n) is 2.33. The van der Waals surface area contributed by atoms with Crippen molar-refractivity contribution in [2.75, 3.05) is 0 Å². The van der Waals surface area contributed by atoms with Crippen molar-refractivity contribution in [1.29, 1.82) is 0 Å². The maximum Gasteiger partial charge on any atom is 0.269 e. The molecule has 0 N–H and O–H groups in total. The molecule has 1 heterocycles. The highest BCUT2D eigenvalue weighted by atomic mass is 35.5. The molecule has 9 heteroatoms. The van der Waals surface area contributed by atoms with Crippen LogP contribution in [0.5, 0.6) is 0 Å². The lowest BCUT2D eigenvalue weighted by Crippen LogP contribution is -2.01. The number of halogens is 1. The highest BCUT2D eigenvalue weighted by Crippen LogP contribution is 2.32. The van der Waals surface area contributed by atoms with Gasteiger partial charge in [0.25, 0.3) is 5.69 Å².